The van der Waals surface area contributed by atoms with Gasteiger partial charge < -0.3 is 13.9 Å². The van der Waals surface area contributed by atoms with Crippen molar-refractivity contribution in [3.05, 3.63) is 17.8 Å². The van der Waals surface area contributed by atoms with Crippen molar-refractivity contribution in [2.75, 3.05) is 13.7 Å². The summed E-state index contributed by atoms with van der Waals surface area (Å²) in [5.74, 6) is -0.0693. The Bertz CT molecular complexity index is 670. The van der Waals surface area contributed by atoms with Gasteiger partial charge in [0.15, 0.2) is 5.89 Å². The molecule has 1 saturated carbocycles. The van der Waals surface area contributed by atoms with Crippen LogP contribution >= 0.6 is 0 Å². The molecule has 0 radical (unpaired) electrons. The van der Waals surface area contributed by atoms with Gasteiger partial charge in [-0.1, -0.05) is 0 Å². The highest BCUT2D eigenvalue weighted by Gasteiger charge is 2.33. The number of rotatable bonds is 8. The number of carbonyl (C=O) groups is 3. The molecule has 0 aromatic carbocycles. The molecule has 0 aliphatic heterocycles. The van der Waals surface area contributed by atoms with E-state index in [1.165, 1.54) is 7.11 Å². The lowest BCUT2D eigenvalue weighted by Gasteiger charge is -2.25. The number of hydrogen-bond donors (Lipinski definition) is 0. The van der Waals surface area contributed by atoms with Crippen molar-refractivity contribution < 1.29 is 28.3 Å². The Hall–Kier alpha value is -2.18. The van der Waals surface area contributed by atoms with E-state index in [1.54, 1.807) is 13.2 Å². The smallest absolute Gasteiger partial charge is 0.313 e. The molecule has 1 aromatic heterocycles. The zero-order chi connectivity index (χ0) is 20.0. The molecule has 2 rings (SSSR count). The fourth-order valence-corrected chi connectivity index (χ4v) is 3.46. The maximum atomic E-state index is 12.1. The van der Waals surface area contributed by atoms with E-state index >= 15 is 0 Å². The number of ketones is 1. The van der Waals surface area contributed by atoms with Crippen LogP contribution in [0.4, 0.5) is 0 Å². The van der Waals surface area contributed by atoms with Crippen molar-refractivity contribution in [2.24, 2.45) is 11.3 Å². The summed E-state index contributed by atoms with van der Waals surface area (Å²) in [6.07, 6.45) is 4.90. The van der Waals surface area contributed by atoms with Crippen molar-refractivity contribution in [3.63, 3.8) is 0 Å². The first-order valence-corrected chi connectivity index (χ1v) is 9.47. The van der Waals surface area contributed by atoms with Gasteiger partial charge in [0.25, 0.3) is 0 Å². The SMILES string of the molecule is CCOC(=O)C(C)(C)Cc1coc(C2CCC(C(=O)CC(=O)OC)CC2)n1. The second kappa shape index (κ2) is 9.15. The topological polar surface area (TPSA) is 95.7 Å². The fourth-order valence-electron chi connectivity index (χ4n) is 3.46. The molecule has 0 unspecified atom stereocenters. The predicted octanol–water partition coefficient (Wildman–Crippen LogP) is 3.21. The van der Waals surface area contributed by atoms with Crippen LogP contribution in [0.3, 0.4) is 0 Å². The quantitative estimate of drug-likeness (QED) is 0.505. The van der Waals surface area contributed by atoms with Crippen LogP contribution in [0, 0.1) is 11.3 Å². The number of hydrogen-bond acceptors (Lipinski definition) is 7. The van der Waals surface area contributed by atoms with Gasteiger partial charge >= 0.3 is 11.9 Å². The number of carbonyl (C=O) groups excluding carboxylic acids is 3. The first kappa shape index (κ1) is 21.1. The Kier molecular flexibility index (Phi) is 7.16. The summed E-state index contributed by atoms with van der Waals surface area (Å²) < 4.78 is 15.3. The van der Waals surface area contributed by atoms with Crippen LogP contribution < -0.4 is 0 Å². The molecule has 0 atom stereocenters. The summed E-state index contributed by atoms with van der Waals surface area (Å²) in [6.45, 7) is 5.80. The minimum atomic E-state index is -0.665. The molecule has 1 fully saturated rings. The van der Waals surface area contributed by atoms with Crippen molar-refractivity contribution >= 4 is 17.7 Å². The Balaban J connectivity index is 1.90. The van der Waals surface area contributed by atoms with Gasteiger partial charge in [-0.3, -0.25) is 14.4 Å². The van der Waals surface area contributed by atoms with Crippen LogP contribution in [0.5, 0.6) is 0 Å². The van der Waals surface area contributed by atoms with Gasteiger partial charge in [-0.2, -0.15) is 0 Å². The lowest BCUT2D eigenvalue weighted by molar-refractivity contribution is -0.153. The summed E-state index contributed by atoms with van der Waals surface area (Å²) in [5.41, 5.74) is 0.0641. The van der Waals surface area contributed by atoms with Gasteiger partial charge in [0.1, 0.15) is 18.5 Å². The van der Waals surface area contributed by atoms with Crippen LogP contribution in [-0.4, -0.2) is 36.4 Å². The molecular weight excluding hydrogens is 350 g/mol. The number of methoxy groups -OCH3 is 1. The van der Waals surface area contributed by atoms with E-state index in [0.717, 1.165) is 18.5 Å². The van der Waals surface area contributed by atoms with Crippen LogP contribution in [0.25, 0.3) is 0 Å². The van der Waals surface area contributed by atoms with Crippen LogP contribution in [-0.2, 0) is 30.3 Å². The third-order valence-electron chi connectivity index (χ3n) is 5.10. The molecule has 150 valence electrons. The summed E-state index contributed by atoms with van der Waals surface area (Å²) in [7, 11) is 1.29. The van der Waals surface area contributed by atoms with Crippen LogP contribution in [0.2, 0.25) is 0 Å². The number of oxazole rings is 1. The minimum Gasteiger partial charge on any atom is -0.469 e. The average Bonchev–Trinajstić information content (AvgIpc) is 3.09. The van der Waals surface area contributed by atoms with Crippen LogP contribution in [0.1, 0.15) is 70.4 Å². The molecule has 0 spiro atoms. The summed E-state index contributed by atoms with van der Waals surface area (Å²) in [5, 5.41) is 0. The van der Waals surface area contributed by atoms with Gasteiger partial charge in [-0.25, -0.2) is 4.98 Å². The Labute approximate surface area is 159 Å². The van der Waals surface area contributed by atoms with Crippen molar-refractivity contribution in [1.82, 2.24) is 4.98 Å². The molecule has 27 heavy (non-hydrogen) atoms. The fraction of sp³-hybridized carbons (Fsp3) is 0.700. The average molecular weight is 379 g/mol. The largest absolute Gasteiger partial charge is 0.469 e. The number of aromatic nitrogens is 1. The lowest BCUT2D eigenvalue weighted by Crippen LogP contribution is -2.29. The van der Waals surface area contributed by atoms with E-state index in [4.69, 9.17) is 9.15 Å². The van der Waals surface area contributed by atoms with E-state index in [-0.39, 0.29) is 30.0 Å². The highest BCUT2D eigenvalue weighted by molar-refractivity contribution is 5.96. The molecule has 0 bridgehead atoms. The first-order valence-electron chi connectivity index (χ1n) is 9.47. The Morgan fingerprint density at radius 3 is 2.48 bits per heavy atom. The summed E-state index contributed by atoms with van der Waals surface area (Å²) in [4.78, 5) is 40.0. The third kappa shape index (κ3) is 5.65. The highest BCUT2D eigenvalue weighted by atomic mass is 16.5. The van der Waals surface area contributed by atoms with Crippen LogP contribution in [0.15, 0.2) is 10.7 Å². The van der Waals surface area contributed by atoms with Crippen molar-refractivity contribution in [2.45, 2.75) is 65.2 Å². The minimum absolute atomic E-state index is 0.0513. The first-order chi connectivity index (χ1) is 12.8. The predicted molar refractivity (Wildman–Crippen MR) is 97.0 cm³/mol. The molecule has 0 amide bonds. The molecule has 7 nitrogen and oxygen atoms in total. The van der Waals surface area contributed by atoms with Gasteiger partial charge in [0.2, 0.25) is 0 Å². The molecule has 1 aliphatic carbocycles. The Morgan fingerprint density at radius 1 is 1.22 bits per heavy atom. The molecule has 1 aliphatic rings. The summed E-state index contributed by atoms with van der Waals surface area (Å²) in [6, 6.07) is 0. The number of nitrogens with zero attached hydrogens (tertiary/aromatic N) is 1. The second-order valence-corrected chi connectivity index (χ2v) is 7.73. The normalized spacial score (nSPS) is 20.1. The molecule has 7 heteroatoms. The highest BCUT2D eigenvalue weighted by Crippen LogP contribution is 2.36. The van der Waals surface area contributed by atoms with E-state index in [2.05, 4.69) is 9.72 Å². The molecule has 1 heterocycles. The monoisotopic (exact) mass is 379 g/mol. The molecular formula is C20H29NO6. The zero-order valence-electron chi connectivity index (χ0n) is 16.6. The number of Topliss-reactive ketones (excluding diaryl/α,β-unsaturated/α-hetero) is 1. The maximum Gasteiger partial charge on any atom is 0.313 e. The Morgan fingerprint density at radius 2 is 1.89 bits per heavy atom. The van der Waals surface area contributed by atoms with E-state index in [1.807, 2.05) is 13.8 Å². The standard InChI is InChI=1S/C20H29NO6/c1-5-26-19(24)20(2,3)11-15-12-27-18(21-15)14-8-6-13(7-9-14)16(22)10-17(23)25-4/h12-14H,5-11H2,1-4H3. The number of ether oxygens (including phenoxy) is 2. The van der Waals surface area contributed by atoms with Gasteiger partial charge in [0.05, 0.1) is 24.8 Å². The maximum absolute atomic E-state index is 12.1. The lowest BCUT2D eigenvalue weighted by atomic mass is 9.79. The second-order valence-electron chi connectivity index (χ2n) is 7.73. The van der Waals surface area contributed by atoms with Gasteiger partial charge in [0, 0.05) is 18.3 Å². The molecule has 0 N–H and O–H groups in total. The number of esters is 2. The van der Waals surface area contributed by atoms with E-state index < -0.39 is 11.4 Å². The molecule has 0 saturated heterocycles. The van der Waals surface area contributed by atoms with E-state index in [0.29, 0.717) is 31.8 Å². The molecule has 1 aromatic rings. The van der Waals surface area contributed by atoms with Crippen molar-refractivity contribution in [3.8, 4) is 0 Å². The van der Waals surface area contributed by atoms with Gasteiger partial charge in [-0.15, -0.1) is 0 Å². The zero-order valence-corrected chi connectivity index (χ0v) is 16.6. The van der Waals surface area contributed by atoms with E-state index in [9.17, 15) is 14.4 Å². The summed E-state index contributed by atoms with van der Waals surface area (Å²) >= 11 is 0. The third-order valence-corrected chi connectivity index (χ3v) is 5.10. The van der Waals surface area contributed by atoms with Crippen molar-refractivity contribution in [1.29, 1.82) is 0 Å². The van der Waals surface area contributed by atoms with Gasteiger partial charge in [-0.05, 0) is 46.5 Å².